The molecule has 2 heterocycles. The van der Waals surface area contributed by atoms with Crippen LogP contribution in [0.3, 0.4) is 0 Å². The highest BCUT2D eigenvalue weighted by molar-refractivity contribution is 5.94. The Morgan fingerprint density at radius 2 is 1.73 bits per heavy atom. The number of benzene rings is 2. The molecule has 2 aliphatic rings. The van der Waals surface area contributed by atoms with E-state index in [0.29, 0.717) is 25.9 Å². The van der Waals surface area contributed by atoms with Gasteiger partial charge in [-0.3, -0.25) is 9.59 Å². The zero-order valence-corrected chi connectivity index (χ0v) is 17.3. The Balaban J connectivity index is 1.16. The van der Waals surface area contributed by atoms with Gasteiger partial charge >= 0.3 is 0 Å². The number of anilines is 2. The van der Waals surface area contributed by atoms with Crippen LogP contribution in [0.1, 0.15) is 31.2 Å². The molecule has 158 valence electrons. The topological polar surface area (TPSA) is 61.9 Å². The summed E-state index contributed by atoms with van der Waals surface area (Å²) >= 11 is 0. The number of carbonyl (C=O) groups excluding carboxylic acids is 2. The molecule has 30 heavy (non-hydrogen) atoms. The van der Waals surface area contributed by atoms with Gasteiger partial charge in [-0.05, 0) is 43.5 Å². The van der Waals surface area contributed by atoms with E-state index in [1.54, 1.807) is 0 Å². The number of hydrogen-bond donors (Lipinski definition) is 1. The summed E-state index contributed by atoms with van der Waals surface area (Å²) in [4.78, 5) is 28.4. The van der Waals surface area contributed by atoms with Crippen molar-refractivity contribution in [2.24, 2.45) is 0 Å². The summed E-state index contributed by atoms with van der Waals surface area (Å²) in [6.07, 6.45) is 3.44. The summed E-state index contributed by atoms with van der Waals surface area (Å²) in [5.74, 6) is 1.14. The first kappa shape index (κ1) is 20.3. The first-order valence-electron chi connectivity index (χ1n) is 10.8. The molecule has 2 amide bonds. The van der Waals surface area contributed by atoms with Gasteiger partial charge in [-0.2, -0.15) is 0 Å². The lowest BCUT2D eigenvalue weighted by atomic mass is 10.0. The molecular formula is C24H29N3O3. The Kier molecular flexibility index (Phi) is 6.52. The van der Waals surface area contributed by atoms with Gasteiger partial charge in [-0.15, -0.1) is 0 Å². The standard InChI is InChI=1S/C24H29N3O3/c28-23-13-12-20-21(25-23)9-6-10-22(20)30-18-5-4-11-24(29)27-16-14-26(15-17-27)19-7-2-1-3-8-19/h1-3,6-10H,4-5,11-18H2,(H,25,28). The van der Waals surface area contributed by atoms with Crippen LogP contribution in [0.4, 0.5) is 11.4 Å². The molecular weight excluding hydrogens is 378 g/mol. The number of ether oxygens (including phenoxy) is 1. The summed E-state index contributed by atoms with van der Waals surface area (Å²) in [6.45, 7) is 3.92. The number of fused-ring (bicyclic) bond motifs is 1. The fourth-order valence-electron chi connectivity index (χ4n) is 4.10. The number of nitrogens with one attached hydrogen (secondary N) is 1. The van der Waals surface area contributed by atoms with Crippen molar-refractivity contribution in [3.05, 3.63) is 54.1 Å². The molecule has 6 nitrogen and oxygen atoms in total. The number of hydrogen-bond acceptors (Lipinski definition) is 4. The molecule has 0 aromatic heterocycles. The van der Waals surface area contributed by atoms with Gasteiger partial charge in [0, 0.05) is 56.0 Å². The maximum atomic E-state index is 12.5. The predicted octanol–water partition coefficient (Wildman–Crippen LogP) is 3.47. The van der Waals surface area contributed by atoms with Gasteiger partial charge < -0.3 is 19.9 Å². The quantitative estimate of drug-likeness (QED) is 0.714. The third-order valence-corrected chi connectivity index (χ3v) is 5.81. The van der Waals surface area contributed by atoms with Gasteiger partial charge in [0.1, 0.15) is 5.75 Å². The van der Waals surface area contributed by atoms with Crippen LogP contribution in [0.2, 0.25) is 0 Å². The third kappa shape index (κ3) is 4.93. The Bertz CT molecular complexity index is 877. The molecule has 2 aliphatic heterocycles. The van der Waals surface area contributed by atoms with Crippen LogP contribution >= 0.6 is 0 Å². The number of unbranched alkanes of at least 4 members (excludes halogenated alkanes) is 1. The van der Waals surface area contributed by atoms with E-state index in [0.717, 1.165) is 56.0 Å². The van der Waals surface area contributed by atoms with Crippen molar-refractivity contribution in [3.8, 4) is 5.75 Å². The summed E-state index contributed by atoms with van der Waals surface area (Å²) < 4.78 is 5.95. The summed E-state index contributed by atoms with van der Waals surface area (Å²) in [7, 11) is 0. The minimum atomic E-state index is 0.0581. The number of carbonyl (C=O) groups is 2. The second-order valence-electron chi connectivity index (χ2n) is 7.84. The van der Waals surface area contributed by atoms with Crippen molar-refractivity contribution in [1.29, 1.82) is 0 Å². The molecule has 0 bridgehead atoms. The van der Waals surface area contributed by atoms with E-state index < -0.39 is 0 Å². The predicted molar refractivity (Wildman–Crippen MR) is 118 cm³/mol. The number of piperazine rings is 1. The largest absolute Gasteiger partial charge is 0.493 e. The lowest BCUT2D eigenvalue weighted by Crippen LogP contribution is -2.48. The molecule has 0 unspecified atom stereocenters. The lowest BCUT2D eigenvalue weighted by Gasteiger charge is -2.36. The molecule has 1 saturated heterocycles. The average molecular weight is 408 g/mol. The molecule has 0 atom stereocenters. The van der Waals surface area contributed by atoms with E-state index >= 15 is 0 Å². The van der Waals surface area contributed by atoms with Gasteiger partial charge in [0.2, 0.25) is 11.8 Å². The Labute approximate surface area is 177 Å². The third-order valence-electron chi connectivity index (χ3n) is 5.81. The first-order chi connectivity index (χ1) is 14.7. The average Bonchev–Trinajstić information content (AvgIpc) is 2.79. The highest BCUT2D eigenvalue weighted by Gasteiger charge is 2.21. The van der Waals surface area contributed by atoms with Crippen molar-refractivity contribution in [3.63, 3.8) is 0 Å². The molecule has 4 rings (SSSR count). The molecule has 0 aliphatic carbocycles. The smallest absolute Gasteiger partial charge is 0.224 e. The van der Waals surface area contributed by atoms with Crippen LogP contribution in [0.25, 0.3) is 0 Å². The first-order valence-corrected chi connectivity index (χ1v) is 10.8. The number of amides is 2. The fourth-order valence-corrected chi connectivity index (χ4v) is 4.10. The molecule has 0 radical (unpaired) electrons. The van der Waals surface area contributed by atoms with E-state index in [9.17, 15) is 9.59 Å². The highest BCUT2D eigenvalue weighted by atomic mass is 16.5. The zero-order chi connectivity index (χ0) is 20.8. The van der Waals surface area contributed by atoms with Crippen LogP contribution in [0.15, 0.2) is 48.5 Å². The fraction of sp³-hybridized carbons (Fsp3) is 0.417. The van der Waals surface area contributed by atoms with E-state index in [4.69, 9.17) is 4.74 Å². The van der Waals surface area contributed by atoms with Gasteiger partial charge in [-0.25, -0.2) is 0 Å². The monoisotopic (exact) mass is 407 g/mol. The summed E-state index contributed by atoms with van der Waals surface area (Å²) in [6, 6.07) is 16.1. The number of rotatable bonds is 7. The summed E-state index contributed by atoms with van der Waals surface area (Å²) in [5, 5.41) is 2.89. The molecule has 1 N–H and O–H groups in total. The molecule has 2 aromatic carbocycles. The van der Waals surface area contributed by atoms with Gasteiger partial charge in [0.15, 0.2) is 0 Å². The van der Waals surface area contributed by atoms with Crippen LogP contribution < -0.4 is 15.0 Å². The van der Waals surface area contributed by atoms with Crippen molar-refractivity contribution in [2.75, 3.05) is 43.0 Å². The van der Waals surface area contributed by atoms with Crippen molar-refractivity contribution in [1.82, 2.24) is 4.90 Å². The Morgan fingerprint density at radius 1 is 0.933 bits per heavy atom. The molecule has 1 fully saturated rings. The van der Waals surface area contributed by atoms with Crippen LogP contribution in [0.5, 0.6) is 5.75 Å². The van der Waals surface area contributed by atoms with Crippen molar-refractivity contribution in [2.45, 2.75) is 32.1 Å². The lowest BCUT2D eigenvalue weighted by molar-refractivity contribution is -0.131. The Hall–Kier alpha value is -3.02. The van der Waals surface area contributed by atoms with Gasteiger partial charge in [0.25, 0.3) is 0 Å². The molecule has 0 spiro atoms. The number of nitrogens with zero attached hydrogens (tertiary/aromatic N) is 2. The van der Waals surface area contributed by atoms with E-state index in [2.05, 4.69) is 34.5 Å². The normalized spacial score (nSPS) is 16.1. The van der Waals surface area contributed by atoms with Crippen LogP contribution in [0, 0.1) is 0 Å². The number of para-hydroxylation sites is 1. The molecule has 0 saturated carbocycles. The van der Waals surface area contributed by atoms with Gasteiger partial charge in [-0.1, -0.05) is 24.3 Å². The maximum Gasteiger partial charge on any atom is 0.224 e. The van der Waals surface area contributed by atoms with E-state index in [-0.39, 0.29) is 11.8 Å². The molecule has 6 heteroatoms. The van der Waals surface area contributed by atoms with Crippen LogP contribution in [-0.4, -0.2) is 49.5 Å². The van der Waals surface area contributed by atoms with Crippen molar-refractivity contribution < 1.29 is 14.3 Å². The SMILES string of the molecule is O=C1CCc2c(cccc2OCCCCC(=O)N2CCN(c3ccccc3)CC2)N1. The minimum absolute atomic E-state index is 0.0581. The van der Waals surface area contributed by atoms with E-state index in [1.165, 1.54) is 5.69 Å². The maximum absolute atomic E-state index is 12.5. The second-order valence-corrected chi connectivity index (χ2v) is 7.84. The zero-order valence-electron chi connectivity index (χ0n) is 17.3. The van der Waals surface area contributed by atoms with E-state index in [1.807, 2.05) is 29.2 Å². The highest BCUT2D eigenvalue weighted by Crippen LogP contribution is 2.31. The van der Waals surface area contributed by atoms with Crippen LogP contribution in [-0.2, 0) is 16.0 Å². The minimum Gasteiger partial charge on any atom is -0.493 e. The Morgan fingerprint density at radius 3 is 2.53 bits per heavy atom. The van der Waals surface area contributed by atoms with Crippen molar-refractivity contribution >= 4 is 23.2 Å². The molecule has 2 aromatic rings. The summed E-state index contributed by atoms with van der Waals surface area (Å²) in [5.41, 5.74) is 3.16. The second kappa shape index (κ2) is 9.65. The van der Waals surface area contributed by atoms with Gasteiger partial charge in [0.05, 0.1) is 6.61 Å².